The molecule has 0 saturated carbocycles. The van der Waals surface area contributed by atoms with E-state index in [0.717, 1.165) is 11.1 Å². The highest BCUT2D eigenvalue weighted by Crippen LogP contribution is 2.29. The summed E-state index contributed by atoms with van der Waals surface area (Å²) < 4.78 is 6.00. The molecule has 1 aliphatic heterocycles. The molecule has 0 spiro atoms. The van der Waals surface area contributed by atoms with Crippen molar-refractivity contribution < 1.29 is 9.53 Å². The van der Waals surface area contributed by atoms with Crippen molar-refractivity contribution in [3.05, 3.63) is 58.3 Å². The van der Waals surface area contributed by atoms with Crippen LogP contribution < -0.4 is 5.73 Å². The molecule has 5 heteroatoms. The molecule has 1 fully saturated rings. The van der Waals surface area contributed by atoms with E-state index in [9.17, 15) is 4.79 Å². The summed E-state index contributed by atoms with van der Waals surface area (Å²) in [5.41, 5.74) is 7.31. The van der Waals surface area contributed by atoms with Gasteiger partial charge in [0.25, 0.3) is 0 Å². The van der Waals surface area contributed by atoms with Gasteiger partial charge in [-0.25, -0.2) is 0 Å². The van der Waals surface area contributed by atoms with Gasteiger partial charge in [-0.3, -0.25) is 4.79 Å². The second-order valence-electron chi connectivity index (χ2n) is 6.27. The molecule has 3 unspecified atom stereocenters. The second-order valence-corrected chi connectivity index (χ2v) is 7.05. The number of ether oxygens (including phenoxy) is 1. The molecule has 1 aromatic heterocycles. The van der Waals surface area contributed by atoms with E-state index in [1.807, 2.05) is 47.5 Å². The van der Waals surface area contributed by atoms with Gasteiger partial charge >= 0.3 is 0 Å². The summed E-state index contributed by atoms with van der Waals surface area (Å²) >= 11 is 1.64. The van der Waals surface area contributed by atoms with Gasteiger partial charge in [0.15, 0.2) is 0 Å². The zero-order chi connectivity index (χ0) is 16.4. The maximum absolute atomic E-state index is 13.0. The summed E-state index contributed by atoms with van der Waals surface area (Å²) in [5.74, 6) is -0.0564. The predicted molar refractivity (Wildman–Crippen MR) is 92.2 cm³/mol. The van der Waals surface area contributed by atoms with Crippen molar-refractivity contribution in [1.82, 2.24) is 4.90 Å². The van der Waals surface area contributed by atoms with Crippen LogP contribution in [-0.2, 0) is 15.1 Å². The lowest BCUT2D eigenvalue weighted by atomic mass is 9.91. The smallest absolute Gasteiger partial charge is 0.247 e. The zero-order valence-electron chi connectivity index (χ0n) is 13.4. The van der Waals surface area contributed by atoms with Gasteiger partial charge in [0.1, 0.15) is 11.6 Å². The Morgan fingerprint density at radius 2 is 2.04 bits per heavy atom. The van der Waals surface area contributed by atoms with Gasteiger partial charge in [0, 0.05) is 6.54 Å². The van der Waals surface area contributed by atoms with Crippen molar-refractivity contribution >= 4 is 17.2 Å². The van der Waals surface area contributed by atoms with Gasteiger partial charge in [-0.05, 0) is 41.8 Å². The van der Waals surface area contributed by atoms with E-state index in [0.29, 0.717) is 13.1 Å². The van der Waals surface area contributed by atoms with Gasteiger partial charge in [-0.1, -0.05) is 30.3 Å². The number of nitrogens with two attached hydrogens (primary N) is 1. The molecule has 2 aromatic rings. The van der Waals surface area contributed by atoms with Gasteiger partial charge in [0.05, 0.1) is 12.6 Å². The quantitative estimate of drug-likeness (QED) is 0.941. The molecule has 1 aromatic carbocycles. The first-order valence-corrected chi connectivity index (χ1v) is 8.74. The normalized spacial score (nSPS) is 24.2. The number of hydrogen-bond acceptors (Lipinski definition) is 4. The molecular formula is C18H22N2O2S. The number of benzene rings is 1. The van der Waals surface area contributed by atoms with E-state index in [1.54, 1.807) is 18.3 Å². The molecule has 2 N–H and O–H groups in total. The van der Waals surface area contributed by atoms with Crippen molar-refractivity contribution in [2.45, 2.75) is 31.6 Å². The SMILES string of the molecule is CC1CN(C(=O)C(C)(N)c2ccccc2)CC(c2ccsc2)O1. The van der Waals surface area contributed by atoms with Crippen LogP contribution in [0.5, 0.6) is 0 Å². The number of hydrogen-bond donors (Lipinski definition) is 1. The Morgan fingerprint density at radius 3 is 2.70 bits per heavy atom. The third-order valence-electron chi connectivity index (χ3n) is 4.28. The average molecular weight is 330 g/mol. The lowest BCUT2D eigenvalue weighted by Crippen LogP contribution is -2.55. The van der Waals surface area contributed by atoms with Crippen molar-refractivity contribution in [1.29, 1.82) is 0 Å². The van der Waals surface area contributed by atoms with Gasteiger partial charge in [0.2, 0.25) is 5.91 Å². The van der Waals surface area contributed by atoms with Crippen LogP contribution in [0, 0.1) is 0 Å². The average Bonchev–Trinajstić information content (AvgIpc) is 3.09. The van der Waals surface area contributed by atoms with Gasteiger partial charge < -0.3 is 15.4 Å². The van der Waals surface area contributed by atoms with Crippen LogP contribution in [0.2, 0.25) is 0 Å². The minimum absolute atomic E-state index is 0.0100. The van der Waals surface area contributed by atoms with Crippen LogP contribution in [0.15, 0.2) is 47.2 Å². The van der Waals surface area contributed by atoms with Gasteiger partial charge in [-0.2, -0.15) is 11.3 Å². The Labute approximate surface area is 140 Å². The number of amides is 1. The summed E-state index contributed by atoms with van der Waals surface area (Å²) in [7, 11) is 0. The van der Waals surface area contributed by atoms with Gasteiger partial charge in [-0.15, -0.1) is 0 Å². The van der Waals surface area contributed by atoms with Crippen molar-refractivity contribution in [2.75, 3.05) is 13.1 Å². The highest BCUT2D eigenvalue weighted by Gasteiger charge is 2.38. The summed E-state index contributed by atoms with van der Waals surface area (Å²) in [6, 6.07) is 11.6. The number of thiophene rings is 1. The van der Waals surface area contributed by atoms with Crippen molar-refractivity contribution in [2.24, 2.45) is 5.73 Å². The maximum atomic E-state index is 13.0. The Balaban J connectivity index is 1.81. The topological polar surface area (TPSA) is 55.6 Å². The minimum Gasteiger partial charge on any atom is -0.367 e. The number of carbonyl (C=O) groups is 1. The lowest BCUT2D eigenvalue weighted by Gasteiger charge is -2.40. The molecule has 3 rings (SSSR count). The summed E-state index contributed by atoms with van der Waals surface area (Å²) in [6.07, 6.45) is -0.0929. The molecular weight excluding hydrogens is 308 g/mol. The summed E-state index contributed by atoms with van der Waals surface area (Å²) in [4.78, 5) is 14.9. The monoisotopic (exact) mass is 330 g/mol. The van der Waals surface area contributed by atoms with Crippen molar-refractivity contribution in [3.63, 3.8) is 0 Å². The number of rotatable bonds is 3. The second kappa shape index (κ2) is 6.43. The predicted octanol–water partition coefficient (Wildman–Crippen LogP) is 2.91. The van der Waals surface area contributed by atoms with Crippen LogP contribution in [0.4, 0.5) is 0 Å². The number of nitrogens with zero attached hydrogens (tertiary/aromatic N) is 1. The molecule has 0 radical (unpaired) electrons. The molecule has 1 aliphatic rings. The highest BCUT2D eigenvalue weighted by molar-refractivity contribution is 7.07. The van der Waals surface area contributed by atoms with E-state index in [-0.39, 0.29) is 18.1 Å². The minimum atomic E-state index is -1.03. The van der Waals surface area contributed by atoms with Crippen LogP contribution in [0.1, 0.15) is 31.1 Å². The van der Waals surface area contributed by atoms with E-state index in [1.165, 1.54) is 0 Å². The van der Waals surface area contributed by atoms with E-state index < -0.39 is 5.54 Å². The lowest BCUT2D eigenvalue weighted by molar-refractivity contribution is -0.150. The molecule has 122 valence electrons. The first-order chi connectivity index (χ1) is 11.0. The molecule has 0 bridgehead atoms. The highest BCUT2D eigenvalue weighted by atomic mass is 32.1. The summed E-state index contributed by atoms with van der Waals surface area (Å²) in [5, 5.41) is 4.10. The zero-order valence-corrected chi connectivity index (χ0v) is 14.3. The molecule has 3 atom stereocenters. The van der Waals surface area contributed by atoms with Crippen LogP contribution in [0.25, 0.3) is 0 Å². The Morgan fingerprint density at radius 1 is 1.30 bits per heavy atom. The molecule has 1 amide bonds. The van der Waals surface area contributed by atoms with Crippen LogP contribution >= 0.6 is 11.3 Å². The fourth-order valence-corrected chi connectivity index (χ4v) is 3.70. The fraction of sp³-hybridized carbons (Fsp3) is 0.389. The third kappa shape index (κ3) is 3.32. The first kappa shape index (κ1) is 16.2. The fourth-order valence-electron chi connectivity index (χ4n) is 3.00. The Hall–Kier alpha value is -1.69. The molecule has 23 heavy (non-hydrogen) atoms. The molecule has 1 saturated heterocycles. The number of morpholine rings is 1. The van der Waals surface area contributed by atoms with Crippen LogP contribution in [0.3, 0.4) is 0 Å². The summed E-state index contributed by atoms with van der Waals surface area (Å²) in [6.45, 7) is 4.89. The Bertz CT molecular complexity index is 655. The standard InChI is InChI=1S/C18H22N2O2S/c1-13-10-20(11-16(22-13)14-8-9-23-12-14)17(21)18(2,19)15-6-4-3-5-7-15/h3-9,12-13,16H,10-11,19H2,1-2H3. The largest absolute Gasteiger partial charge is 0.367 e. The van der Waals surface area contributed by atoms with E-state index in [4.69, 9.17) is 10.5 Å². The van der Waals surface area contributed by atoms with Crippen LogP contribution in [-0.4, -0.2) is 30.0 Å². The molecule has 2 heterocycles. The Kier molecular flexibility index (Phi) is 4.53. The van der Waals surface area contributed by atoms with Crippen molar-refractivity contribution in [3.8, 4) is 0 Å². The number of carbonyl (C=O) groups excluding carboxylic acids is 1. The first-order valence-electron chi connectivity index (χ1n) is 7.80. The third-order valence-corrected chi connectivity index (χ3v) is 4.98. The van der Waals surface area contributed by atoms with E-state index in [2.05, 4.69) is 11.4 Å². The molecule has 0 aliphatic carbocycles. The maximum Gasteiger partial charge on any atom is 0.247 e. The van der Waals surface area contributed by atoms with E-state index >= 15 is 0 Å². The molecule has 4 nitrogen and oxygen atoms in total.